The number of hydrogen-bond acceptors (Lipinski definition) is 4. The van der Waals surface area contributed by atoms with Crippen molar-refractivity contribution in [2.75, 3.05) is 44.7 Å². The Balaban J connectivity index is 1.41. The number of nitrogens with one attached hydrogen (secondary N) is 1. The number of amides is 2. The lowest BCUT2D eigenvalue weighted by Crippen LogP contribution is -2.45. The molecule has 1 aromatic carbocycles. The zero-order valence-corrected chi connectivity index (χ0v) is 16.6. The molecule has 0 bridgehead atoms. The highest BCUT2D eigenvalue weighted by atomic mass is 16.2. The van der Waals surface area contributed by atoms with Gasteiger partial charge in [-0.15, -0.1) is 0 Å². The molecule has 4 rings (SSSR count). The van der Waals surface area contributed by atoms with E-state index in [1.54, 1.807) is 0 Å². The Morgan fingerprint density at radius 3 is 2.64 bits per heavy atom. The molecule has 3 heterocycles. The Bertz CT molecular complexity index is 789. The van der Waals surface area contributed by atoms with Gasteiger partial charge in [0.15, 0.2) is 0 Å². The number of aromatic nitrogens is 1. The Labute approximate surface area is 167 Å². The summed E-state index contributed by atoms with van der Waals surface area (Å²) in [4.78, 5) is 24.1. The smallest absolute Gasteiger partial charge is 0.318 e. The van der Waals surface area contributed by atoms with Gasteiger partial charge >= 0.3 is 6.03 Å². The van der Waals surface area contributed by atoms with Crippen LogP contribution in [0.2, 0.25) is 0 Å². The lowest BCUT2D eigenvalue weighted by molar-refractivity contribution is 0.192. The third kappa shape index (κ3) is 4.12. The van der Waals surface area contributed by atoms with Gasteiger partial charge < -0.3 is 20.0 Å². The minimum absolute atomic E-state index is 0.0135. The van der Waals surface area contributed by atoms with Crippen LogP contribution in [0.25, 0.3) is 0 Å². The predicted octanol–water partition coefficient (Wildman–Crippen LogP) is 2.88. The van der Waals surface area contributed by atoms with Gasteiger partial charge in [-0.2, -0.15) is 0 Å². The topological polar surface area (TPSA) is 51.7 Å². The number of pyridine rings is 1. The first-order valence-corrected chi connectivity index (χ1v) is 10.2. The molecule has 2 aromatic rings. The van der Waals surface area contributed by atoms with Crippen molar-refractivity contribution < 1.29 is 4.79 Å². The van der Waals surface area contributed by atoms with E-state index in [1.807, 2.05) is 35.4 Å². The molecule has 2 saturated heterocycles. The van der Waals surface area contributed by atoms with Gasteiger partial charge in [-0.25, -0.2) is 9.78 Å². The van der Waals surface area contributed by atoms with Crippen molar-refractivity contribution in [3.05, 3.63) is 59.8 Å². The van der Waals surface area contributed by atoms with E-state index < -0.39 is 0 Å². The summed E-state index contributed by atoms with van der Waals surface area (Å²) in [5.74, 6) is 0.997. The first-order valence-electron chi connectivity index (χ1n) is 10.2. The van der Waals surface area contributed by atoms with Crippen molar-refractivity contribution in [3.8, 4) is 0 Å². The van der Waals surface area contributed by atoms with Crippen LogP contribution < -0.4 is 10.2 Å². The highest BCUT2D eigenvalue weighted by Crippen LogP contribution is 2.31. The van der Waals surface area contributed by atoms with Crippen LogP contribution in [0, 0.1) is 0 Å². The third-order valence-electron chi connectivity index (χ3n) is 5.80. The van der Waals surface area contributed by atoms with E-state index >= 15 is 0 Å². The molecule has 1 unspecified atom stereocenters. The fourth-order valence-electron chi connectivity index (χ4n) is 4.18. The number of carbonyl (C=O) groups excluding carboxylic acids is 1. The van der Waals surface area contributed by atoms with Crippen LogP contribution in [0.5, 0.6) is 0 Å². The largest absolute Gasteiger partial charge is 0.354 e. The van der Waals surface area contributed by atoms with E-state index in [0.29, 0.717) is 6.54 Å². The lowest BCUT2D eigenvalue weighted by Gasteiger charge is -2.34. The van der Waals surface area contributed by atoms with Crippen molar-refractivity contribution >= 4 is 11.8 Å². The number of urea groups is 1. The highest BCUT2D eigenvalue weighted by molar-refractivity contribution is 5.75. The molecular weight excluding hydrogens is 350 g/mol. The van der Waals surface area contributed by atoms with Crippen molar-refractivity contribution in [1.29, 1.82) is 0 Å². The standard InChI is InChI=1S/C22H29N5O/c1-25-13-15-26(16-14-25)21-19(9-5-11-23-21)17-24-22(28)27-12-6-10-20(27)18-7-3-2-4-8-18/h2-5,7-9,11,20H,6,10,12-17H2,1H3,(H,24,28). The summed E-state index contributed by atoms with van der Waals surface area (Å²) < 4.78 is 0. The molecule has 148 valence electrons. The fraction of sp³-hybridized carbons (Fsp3) is 0.455. The van der Waals surface area contributed by atoms with Crippen LogP contribution in [-0.2, 0) is 6.54 Å². The number of benzene rings is 1. The maximum atomic E-state index is 12.9. The Kier molecular flexibility index (Phi) is 5.76. The van der Waals surface area contributed by atoms with Crippen molar-refractivity contribution in [2.45, 2.75) is 25.4 Å². The maximum absolute atomic E-state index is 12.9. The number of rotatable bonds is 4. The number of likely N-dealkylation sites (tertiary alicyclic amines) is 1. The zero-order chi connectivity index (χ0) is 19.3. The molecule has 2 aliphatic heterocycles. The van der Waals surface area contributed by atoms with Crippen LogP contribution in [0.1, 0.15) is 30.0 Å². The SMILES string of the molecule is CN1CCN(c2ncccc2CNC(=O)N2CCCC2c2ccccc2)CC1. The van der Waals surface area contributed by atoms with Gasteiger partial charge in [0, 0.05) is 51.0 Å². The summed E-state index contributed by atoms with van der Waals surface area (Å²) in [6.07, 6.45) is 3.91. The molecule has 1 atom stereocenters. The van der Waals surface area contributed by atoms with Crippen LogP contribution in [0.15, 0.2) is 48.7 Å². The molecule has 1 aromatic heterocycles. The molecule has 0 spiro atoms. The molecule has 2 aliphatic rings. The minimum atomic E-state index is 0.0135. The second-order valence-corrected chi connectivity index (χ2v) is 7.70. The molecule has 0 aliphatic carbocycles. The Hall–Kier alpha value is -2.60. The summed E-state index contributed by atoms with van der Waals surface area (Å²) in [7, 11) is 2.15. The molecule has 6 heteroatoms. The summed E-state index contributed by atoms with van der Waals surface area (Å²) >= 11 is 0. The lowest BCUT2D eigenvalue weighted by atomic mass is 10.1. The number of nitrogens with zero attached hydrogens (tertiary/aromatic N) is 4. The summed E-state index contributed by atoms with van der Waals surface area (Å²) in [6, 6.07) is 14.5. The molecule has 2 amide bonds. The Morgan fingerprint density at radius 1 is 1.07 bits per heavy atom. The summed E-state index contributed by atoms with van der Waals surface area (Å²) in [5.41, 5.74) is 2.30. The van der Waals surface area contributed by atoms with Crippen LogP contribution >= 0.6 is 0 Å². The molecule has 6 nitrogen and oxygen atoms in total. The van der Waals surface area contributed by atoms with Gasteiger partial charge in [0.05, 0.1) is 6.04 Å². The van der Waals surface area contributed by atoms with Gasteiger partial charge in [-0.1, -0.05) is 36.4 Å². The van der Waals surface area contributed by atoms with E-state index in [1.165, 1.54) is 5.56 Å². The van der Waals surface area contributed by atoms with Gasteiger partial charge in [-0.05, 0) is 31.5 Å². The third-order valence-corrected chi connectivity index (χ3v) is 5.80. The number of carbonyl (C=O) groups is 1. The van der Waals surface area contributed by atoms with E-state index in [9.17, 15) is 4.79 Å². The molecule has 2 fully saturated rings. The van der Waals surface area contributed by atoms with Crippen LogP contribution in [-0.4, -0.2) is 60.6 Å². The van der Waals surface area contributed by atoms with Crippen molar-refractivity contribution in [3.63, 3.8) is 0 Å². The normalized spacial score (nSPS) is 20.4. The number of piperazine rings is 1. The van der Waals surface area contributed by atoms with Gasteiger partial charge in [0.25, 0.3) is 0 Å². The van der Waals surface area contributed by atoms with Crippen molar-refractivity contribution in [1.82, 2.24) is 20.1 Å². The monoisotopic (exact) mass is 379 g/mol. The fourth-order valence-corrected chi connectivity index (χ4v) is 4.18. The van der Waals surface area contributed by atoms with Crippen molar-refractivity contribution in [2.24, 2.45) is 0 Å². The van der Waals surface area contributed by atoms with E-state index in [-0.39, 0.29) is 12.1 Å². The molecule has 1 N–H and O–H groups in total. The predicted molar refractivity (Wildman–Crippen MR) is 111 cm³/mol. The van der Waals surface area contributed by atoms with E-state index in [0.717, 1.165) is 56.9 Å². The van der Waals surface area contributed by atoms with Crippen LogP contribution in [0.3, 0.4) is 0 Å². The van der Waals surface area contributed by atoms with Gasteiger partial charge in [0.2, 0.25) is 0 Å². The summed E-state index contributed by atoms with van der Waals surface area (Å²) in [6.45, 7) is 5.33. The number of anilines is 1. The first kappa shape index (κ1) is 18.7. The van der Waals surface area contributed by atoms with Gasteiger partial charge in [-0.3, -0.25) is 0 Å². The molecule has 0 saturated carbocycles. The average Bonchev–Trinajstić information content (AvgIpc) is 3.24. The maximum Gasteiger partial charge on any atom is 0.318 e. The average molecular weight is 380 g/mol. The van der Waals surface area contributed by atoms with E-state index in [4.69, 9.17) is 0 Å². The number of hydrogen-bond donors (Lipinski definition) is 1. The van der Waals surface area contributed by atoms with Crippen LogP contribution in [0.4, 0.5) is 10.6 Å². The number of likely N-dealkylation sites (N-methyl/N-ethyl adjacent to an activating group) is 1. The van der Waals surface area contributed by atoms with E-state index in [2.05, 4.69) is 45.3 Å². The molecule has 0 radical (unpaired) electrons. The zero-order valence-electron chi connectivity index (χ0n) is 16.6. The summed E-state index contributed by atoms with van der Waals surface area (Å²) in [5, 5.41) is 3.14. The van der Waals surface area contributed by atoms with Gasteiger partial charge in [0.1, 0.15) is 5.82 Å². The minimum Gasteiger partial charge on any atom is -0.354 e. The quantitative estimate of drug-likeness (QED) is 0.888. The Morgan fingerprint density at radius 2 is 1.86 bits per heavy atom. The highest BCUT2D eigenvalue weighted by Gasteiger charge is 2.29. The molecular formula is C22H29N5O. The first-order chi connectivity index (χ1) is 13.7. The second kappa shape index (κ2) is 8.61. The molecule has 28 heavy (non-hydrogen) atoms. The second-order valence-electron chi connectivity index (χ2n) is 7.70.